The minimum atomic E-state index is -0.400. The summed E-state index contributed by atoms with van der Waals surface area (Å²) in [5.41, 5.74) is 0.413. The van der Waals surface area contributed by atoms with Crippen LogP contribution >= 0.6 is 0 Å². The molecule has 1 aromatic carbocycles. The molecular weight excluding hydrogens is 273 g/mol. The molecule has 0 bridgehead atoms. The van der Waals surface area contributed by atoms with Crippen LogP contribution in [0.4, 0.5) is 10.1 Å². The van der Waals surface area contributed by atoms with Crippen LogP contribution < -0.4 is 16.0 Å². The Balaban J connectivity index is 2.15. The second-order valence-electron chi connectivity index (χ2n) is 5.18. The van der Waals surface area contributed by atoms with Crippen LogP contribution in [0.15, 0.2) is 24.3 Å². The van der Waals surface area contributed by atoms with Crippen molar-refractivity contribution < 1.29 is 14.0 Å². The maximum Gasteiger partial charge on any atom is 0.238 e. The molecule has 5 nitrogen and oxygen atoms in total. The maximum absolute atomic E-state index is 12.9. The number of nitrogens with one attached hydrogen (secondary N) is 3. The standard InChI is InChI=1S/C15H22FN3O2/c1-11(2)9-18-14(20)6-7-17-10-15(21)19-13-5-3-4-12(16)8-13/h3-5,8,11,17H,6-7,9-10H2,1-2H3,(H,18,20)(H,19,21). The number of hydrogen-bond donors (Lipinski definition) is 3. The van der Waals surface area contributed by atoms with Gasteiger partial charge >= 0.3 is 0 Å². The highest BCUT2D eigenvalue weighted by Gasteiger charge is 2.05. The van der Waals surface area contributed by atoms with Gasteiger partial charge in [0, 0.05) is 25.2 Å². The molecule has 0 saturated carbocycles. The van der Waals surface area contributed by atoms with Crippen molar-refractivity contribution in [3.8, 4) is 0 Å². The van der Waals surface area contributed by atoms with Gasteiger partial charge in [-0.3, -0.25) is 9.59 Å². The predicted octanol–water partition coefficient (Wildman–Crippen LogP) is 1.52. The number of carbonyl (C=O) groups is 2. The fourth-order valence-electron chi connectivity index (χ4n) is 1.58. The van der Waals surface area contributed by atoms with Crippen molar-refractivity contribution in [3.63, 3.8) is 0 Å². The molecule has 2 amide bonds. The molecule has 0 saturated heterocycles. The van der Waals surface area contributed by atoms with E-state index in [1.807, 2.05) is 13.8 Å². The van der Waals surface area contributed by atoms with E-state index in [0.717, 1.165) is 0 Å². The third kappa shape index (κ3) is 8.04. The Kier molecular flexibility index (Phi) is 7.39. The second kappa shape index (κ2) is 9.07. The van der Waals surface area contributed by atoms with E-state index in [2.05, 4.69) is 16.0 Å². The van der Waals surface area contributed by atoms with E-state index >= 15 is 0 Å². The zero-order valence-corrected chi connectivity index (χ0v) is 12.4. The molecule has 6 heteroatoms. The molecule has 0 heterocycles. The summed E-state index contributed by atoms with van der Waals surface area (Å²) in [4.78, 5) is 23.0. The van der Waals surface area contributed by atoms with E-state index in [4.69, 9.17) is 0 Å². The first-order valence-electron chi connectivity index (χ1n) is 7.00. The first kappa shape index (κ1) is 17.1. The van der Waals surface area contributed by atoms with E-state index < -0.39 is 5.82 Å². The van der Waals surface area contributed by atoms with Crippen molar-refractivity contribution in [3.05, 3.63) is 30.1 Å². The van der Waals surface area contributed by atoms with E-state index in [-0.39, 0.29) is 18.4 Å². The number of amides is 2. The molecule has 1 rings (SSSR count). The predicted molar refractivity (Wildman–Crippen MR) is 80.4 cm³/mol. The molecule has 0 unspecified atom stereocenters. The molecule has 1 aromatic rings. The summed E-state index contributed by atoms with van der Waals surface area (Å²) in [5, 5.41) is 8.24. The zero-order valence-electron chi connectivity index (χ0n) is 12.4. The summed E-state index contributed by atoms with van der Waals surface area (Å²) >= 11 is 0. The van der Waals surface area contributed by atoms with E-state index in [1.54, 1.807) is 6.07 Å². The molecule has 0 fully saturated rings. The lowest BCUT2D eigenvalue weighted by atomic mass is 10.2. The van der Waals surface area contributed by atoms with Crippen molar-refractivity contribution in [1.82, 2.24) is 10.6 Å². The average molecular weight is 295 g/mol. The number of anilines is 1. The van der Waals surface area contributed by atoms with Crippen molar-refractivity contribution in [1.29, 1.82) is 0 Å². The minimum Gasteiger partial charge on any atom is -0.356 e. The normalized spacial score (nSPS) is 10.5. The molecule has 0 aromatic heterocycles. The average Bonchev–Trinajstić information content (AvgIpc) is 2.41. The second-order valence-corrected chi connectivity index (χ2v) is 5.18. The quantitative estimate of drug-likeness (QED) is 0.637. The zero-order chi connectivity index (χ0) is 15.7. The third-order valence-electron chi connectivity index (χ3n) is 2.63. The molecule has 0 aliphatic heterocycles. The van der Waals surface area contributed by atoms with Crippen LogP contribution in [0.3, 0.4) is 0 Å². The number of hydrogen-bond acceptors (Lipinski definition) is 3. The molecule has 0 atom stereocenters. The van der Waals surface area contributed by atoms with E-state index in [0.29, 0.717) is 31.1 Å². The highest BCUT2D eigenvalue weighted by molar-refractivity contribution is 5.92. The summed E-state index contributed by atoms with van der Waals surface area (Å²) in [6, 6.07) is 5.69. The lowest BCUT2D eigenvalue weighted by molar-refractivity contribution is -0.121. The van der Waals surface area contributed by atoms with Crippen molar-refractivity contribution in [2.24, 2.45) is 5.92 Å². The summed E-state index contributed by atoms with van der Waals surface area (Å²) in [6.07, 6.45) is 0.319. The Labute approximate surface area is 124 Å². The van der Waals surface area contributed by atoms with Crippen molar-refractivity contribution in [2.75, 3.05) is 25.0 Å². The monoisotopic (exact) mass is 295 g/mol. The van der Waals surface area contributed by atoms with Gasteiger partial charge in [0.1, 0.15) is 5.82 Å². The Morgan fingerprint density at radius 1 is 1.24 bits per heavy atom. The molecule has 3 N–H and O–H groups in total. The number of carbonyl (C=O) groups excluding carboxylic acids is 2. The van der Waals surface area contributed by atoms with Gasteiger partial charge in [0.2, 0.25) is 11.8 Å². The highest BCUT2D eigenvalue weighted by atomic mass is 19.1. The molecule has 0 radical (unpaired) electrons. The Hall–Kier alpha value is -1.95. The molecule has 0 spiro atoms. The highest BCUT2D eigenvalue weighted by Crippen LogP contribution is 2.08. The van der Waals surface area contributed by atoms with Crippen molar-refractivity contribution >= 4 is 17.5 Å². The Bertz CT molecular complexity index is 478. The topological polar surface area (TPSA) is 70.2 Å². The first-order valence-corrected chi connectivity index (χ1v) is 7.00. The van der Waals surface area contributed by atoms with Gasteiger partial charge in [-0.2, -0.15) is 0 Å². The van der Waals surface area contributed by atoms with Gasteiger partial charge in [-0.15, -0.1) is 0 Å². The van der Waals surface area contributed by atoms with E-state index in [1.165, 1.54) is 18.2 Å². The van der Waals surface area contributed by atoms with Crippen molar-refractivity contribution in [2.45, 2.75) is 20.3 Å². The summed E-state index contributed by atoms with van der Waals surface area (Å²) in [7, 11) is 0. The van der Waals surface area contributed by atoms with Crippen LogP contribution in [-0.4, -0.2) is 31.4 Å². The molecular formula is C15H22FN3O2. The lowest BCUT2D eigenvalue weighted by Crippen LogP contribution is -2.33. The van der Waals surface area contributed by atoms with Crippen LogP contribution in [0.5, 0.6) is 0 Å². The minimum absolute atomic E-state index is 0.0401. The van der Waals surface area contributed by atoms with E-state index in [9.17, 15) is 14.0 Å². The van der Waals surface area contributed by atoms with Gasteiger partial charge in [0.05, 0.1) is 6.54 Å². The fourth-order valence-corrected chi connectivity index (χ4v) is 1.58. The van der Waals surface area contributed by atoms with Gasteiger partial charge in [-0.1, -0.05) is 19.9 Å². The van der Waals surface area contributed by atoms with Crippen LogP contribution in [0.2, 0.25) is 0 Å². The van der Waals surface area contributed by atoms with Crippen LogP contribution in [0.1, 0.15) is 20.3 Å². The lowest BCUT2D eigenvalue weighted by Gasteiger charge is -2.08. The largest absolute Gasteiger partial charge is 0.356 e. The third-order valence-corrected chi connectivity index (χ3v) is 2.63. The van der Waals surface area contributed by atoms with Crippen LogP contribution in [0.25, 0.3) is 0 Å². The Morgan fingerprint density at radius 3 is 2.67 bits per heavy atom. The SMILES string of the molecule is CC(C)CNC(=O)CCNCC(=O)Nc1cccc(F)c1. The summed E-state index contributed by atoms with van der Waals surface area (Å²) in [5.74, 6) is -0.300. The van der Waals surface area contributed by atoms with Gasteiger partial charge in [-0.05, 0) is 24.1 Å². The summed E-state index contributed by atoms with van der Waals surface area (Å²) in [6.45, 7) is 5.19. The number of benzene rings is 1. The molecule has 0 aliphatic carbocycles. The van der Waals surface area contributed by atoms with Gasteiger partial charge in [0.15, 0.2) is 0 Å². The van der Waals surface area contributed by atoms with Gasteiger partial charge in [0.25, 0.3) is 0 Å². The van der Waals surface area contributed by atoms with Gasteiger partial charge in [-0.25, -0.2) is 4.39 Å². The number of rotatable bonds is 8. The molecule has 116 valence electrons. The smallest absolute Gasteiger partial charge is 0.238 e. The Morgan fingerprint density at radius 2 is 2.00 bits per heavy atom. The molecule has 0 aliphatic rings. The van der Waals surface area contributed by atoms with Crippen LogP contribution in [0, 0.1) is 11.7 Å². The van der Waals surface area contributed by atoms with Gasteiger partial charge < -0.3 is 16.0 Å². The maximum atomic E-state index is 12.9. The summed E-state index contributed by atoms with van der Waals surface area (Å²) < 4.78 is 12.9. The number of halogens is 1. The molecule has 21 heavy (non-hydrogen) atoms. The fraction of sp³-hybridized carbons (Fsp3) is 0.467. The first-order chi connectivity index (χ1) is 9.97. The van der Waals surface area contributed by atoms with Crippen LogP contribution in [-0.2, 0) is 9.59 Å².